The molecular formula is C23H26N4O2S. The van der Waals surface area contributed by atoms with E-state index in [4.69, 9.17) is 17.0 Å². The summed E-state index contributed by atoms with van der Waals surface area (Å²) in [5.41, 5.74) is 3.93. The molecule has 6 nitrogen and oxygen atoms in total. The number of benzene rings is 2. The van der Waals surface area contributed by atoms with Gasteiger partial charge in [-0.25, -0.2) is 4.98 Å². The van der Waals surface area contributed by atoms with Crippen LogP contribution in [0.25, 0.3) is 10.9 Å². The smallest absolute Gasteiger partial charge is 0.258 e. The van der Waals surface area contributed by atoms with Crippen molar-refractivity contribution < 1.29 is 4.74 Å². The number of aromatic amines is 1. The molecule has 1 fully saturated rings. The van der Waals surface area contributed by atoms with E-state index < -0.39 is 0 Å². The number of nitrogens with zero attached hydrogens (tertiary/aromatic N) is 2. The van der Waals surface area contributed by atoms with Gasteiger partial charge in [-0.05, 0) is 74.3 Å². The normalized spacial score (nSPS) is 16.0. The molecule has 0 bridgehead atoms. The predicted octanol–water partition coefficient (Wildman–Crippen LogP) is 3.92. The molecule has 0 amide bonds. The van der Waals surface area contributed by atoms with Crippen LogP contribution in [0.4, 0.5) is 5.69 Å². The van der Waals surface area contributed by atoms with Gasteiger partial charge in [-0.1, -0.05) is 18.2 Å². The molecule has 2 N–H and O–H groups in total. The lowest BCUT2D eigenvalue weighted by atomic mass is 10.1. The van der Waals surface area contributed by atoms with Gasteiger partial charge in [-0.2, -0.15) is 0 Å². The van der Waals surface area contributed by atoms with Crippen LogP contribution in [0, 0.1) is 13.8 Å². The summed E-state index contributed by atoms with van der Waals surface area (Å²) in [5, 5.41) is 4.51. The first kappa shape index (κ1) is 20.5. The highest BCUT2D eigenvalue weighted by molar-refractivity contribution is 7.80. The molecule has 0 saturated carbocycles. The fourth-order valence-electron chi connectivity index (χ4n) is 3.67. The highest BCUT2D eigenvalue weighted by Gasteiger charge is 2.22. The Bertz CT molecular complexity index is 1120. The molecule has 1 atom stereocenters. The maximum atomic E-state index is 12.5. The molecule has 0 aliphatic carbocycles. The van der Waals surface area contributed by atoms with E-state index in [0.29, 0.717) is 34.9 Å². The number of aromatic nitrogens is 2. The lowest BCUT2D eigenvalue weighted by Gasteiger charge is -2.28. The third kappa shape index (κ3) is 4.68. The molecule has 1 saturated heterocycles. The molecule has 1 aliphatic heterocycles. The number of ether oxygens (including phenoxy) is 1. The minimum absolute atomic E-state index is 0.122. The largest absolute Gasteiger partial charge is 0.376 e. The molecule has 2 heterocycles. The molecule has 0 radical (unpaired) electrons. The van der Waals surface area contributed by atoms with Crippen molar-refractivity contribution in [2.45, 2.75) is 39.3 Å². The number of fused-ring (bicyclic) bond motifs is 1. The maximum Gasteiger partial charge on any atom is 0.258 e. The number of aryl methyl sites for hydroxylation is 2. The summed E-state index contributed by atoms with van der Waals surface area (Å²) in [6.07, 6.45) is 2.18. The van der Waals surface area contributed by atoms with Crippen molar-refractivity contribution in [1.29, 1.82) is 0 Å². The second-order valence-electron chi connectivity index (χ2n) is 7.77. The Balaban J connectivity index is 1.58. The van der Waals surface area contributed by atoms with Crippen LogP contribution in [0.2, 0.25) is 0 Å². The lowest BCUT2D eigenvalue weighted by molar-refractivity contribution is 0.0900. The maximum absolute atomic E-state index is 12.5. The Morgan fingerprint density at radius 1 is 1.27 bits per heavy atom. The summed E-state index contributed by atoms with van der Waals surface area (Å²) >= 11 is 5.74. The van der Waals surface area contributed by atoms with Crippen LogP contribution in [0.5, 0.6) is 0 Å². The quantitative estimate of drug-likeness (QED) is 0.608. The van der Waals surface area contributed by atoms with Gasteiger partial charge in [-0.15, -0.1) is 0 Å². The average molecular weight is 423 g/mol. The summed E-state index contributed by atoms with van der Waals surface area (Å²) in [6, 6.07) is 13.5. The Morgan fingerprint density at radius 3 is 2.87 bits per heavy atom. The standard InChI is InChI=1S/C23H26N4O2S/c1-15-9-10-17(12-16(15)2)24-23(30)27(13-18-6-5-11-29-18)14-21-25-20-8-4-3-7-19(20)22(28)26-21/h3-4,7-10,12,18H,5-6,11,13-14H2,1-2H3,(H,24,30)(H,25,26,28)/t18-/m0/s1. The second kappa shape index (κ2) is 8.93. The Morgan fingerprint density at radius 2 is 2.10 bits per heavy atom. The summed E-state index contributed by atoms with van der Waals surface area (Å²) in [5.74, 6) is 0.584. The fraction of sp³-hybridized carbons (Fsp3) is 0.348. The summed E-state index contributed by atoms with van der Waals surface area (Å²) in [6.45, 7) is 5.99. The minimum Gasteiger partial charge on any atom is -0.376 e. The number of hydrogen-bond acceptors (Lipinski definition) is 4. The van der Waals surface area contributed by atoms with Crippen molar-refractivity contribution in [3.8, 4) is 0 Å². The van der Waals surface area contributed by atoms with E-state index in [1.54, 1.807) is 6.07 Å². The molecular weight excluding hydrogens is 396 g/mol. The SMILES string of the molecule is Cc1ccc(NC(=S)N(Cc2nc3ccccc3c(=O)[nH]2)C[C@@H]2CCCO2)cc1C. The van der Waals surface area contributed by atoms with E-state index in [9.17, 15) is 4.79 Å². The number of para-hydroxylation sites is 1. The molecule has 3 aromatic rings. The first-order valence-corrected chi connectivity index (χ1v) is 10.6. The van der Waals surface area contributed by atoms with Crippen molar-refractivity contribution >= 4 is 33.9 Å². The van der Waals surface area contributed by atoms with Crippen molar-refractivity contribution in [3.63, 3.8) is 0 Å². The van der Waals surface area contributed by atoms with E-state index in [-0.39, 0.29) is 11.7 Å². The van der Waals surface area contributed by atoms with Gasteiger partial charge in [0, 0.05) is 18.8 Å². The molecule has 4 rings (SSSR count). The number of nitrogens with one attached hydrogen (secondary N) is 2. The highest BCUT2D eigenvalue weighted by atomic mass is 32.1. The number of thiocarbonyl (C=S) groups is 1. The van der Waals surface area contributed by atoms with Gasteiger partial charge in [0.05, 0.1) is 23.6 Å². The van der Waals surface area contributed by atoms with Gasteiger partial charge in [0.25, 0.3) is 5.56 Å². The second-order valence-corrected chi connectivity index (χ2v) is 8.16. The molecule has 1 aromatic heterocycles. The van der Waals surface area contributed by atoms with E-state index in [1.807, 2.05) is 29.2 Å². The average Bonchev–Trinajstić information content (AvgIpc) is 3.23. The molecule has 156 valence electrons. The monoisotopic (exact) mass is 422 g/mol. The Labute approximate surface area is 181 Å². The lowest BCUT2D eigenvalue weighted by Crippen LogP contribution is -2.40. The van der Waals surface area contributed by atoms with Crippen LogP contribution in [0.3, 0.4) is 0 Å². The van der Waals surface area contributed by atoms with Gasteiger partial charge >= 0.3 is 0 Å². The van der Waals surface area contributed by atoms with Crippen LogP contribution in [0.1, 0.15) is 29.8 Å². The summed E-state index contributed by atoms with van der Waals surface area (Å²) < 4.78 is 5.83. The number of hydrogen-bond donors (Lipinski definition) is 2. The zero-order valence-electron chi connectivity index (χ0n) is 17.3. The van der Waals surface area contributed by atoms with Gasteiger partial charge in [0.15, 0.2) is 5.11 Å². The van der Waals surface area contributed by atoms with E-state index in [1.165, 1.54) is 11.1 Å². The van der Waals surface area contributed by atoms with Crippen molar-refractivity contribution in [2.24, 2.45) is 0 Å². The molecule has 30 heavy (non-hydrogen) atoms. The van der Waals surface area contributed by atoms with Crippen LogP contribution in [0.15, 0.2) is 47.3 Å². The minimum atomic E-state index is -0.138. The topological polar surface area (TPSA) is 70.2 Å². The Kier molecular flexibility index (Phi) is 6.11. The van der Waals surface area contributed by atoms with E-state index in [2.05, 4.69) is 41.3 Å². The number of H-pyrrole nitrogens is 1. The van der Waals surface area contributed by atoms with Crippen molar-refractivity contribution in [1.82, 2.24) is 14.9 Å². The van der Waals surface area contributed by atoms with Crippen LogP contribution < -0.4 is 10.9 Å². The summed E-state index contributed by atoms with van der Waals surface area (Å²) in [7, 11) is 0. The summed E-state index contributed by atoms with van der Waals surface area (Å²) in [4.78, 5) is 22.0. The van der Waals surface area contributed by atoms with E-state index >= 15 is 0 Å². The zero-order valence-corrected chi connectivity index (χ0v) is 18.1. The molecule has 2 aromatic carbocycles. The van der Waals surface area contributed by atoms with E-state index in [0.717, 1.165) is 25.1 Å². The highest BCUT2D eigenvalue weighted by Crippen LogP contribution is 2.18. The first-order valence-electron chi connectivity index (χ1n) is 10.2. The number of rotatable bonds is 5. The first-order chi connectivity index (χ1) is 14.5. The fourth-order valence-corrected chi connectivity index (χ4v) is 3.92. The predicted molar refractivity (Wildman–Crippen MR) is 124 cm³/mol. The van der Waals surface area contributed by atoms with Gasteiger partial charge < -0.3 is 19.9 Å². The third-order valence-corrected chi connectivity index (χ3v) is 5.86. The zero-order chi connectivity index (χ0) is 21.1. The number of anilines is 1. The van der Waals surface area contributed by atoms with Gasteiger partial charge in [-0.3, -0.25) is 4.79 Å². The molecule has 0 unspecified atom stereocenters. The Hall–Kier alpha value is -2.77. The molecule has 1 aliphatic rings. The van der Waals surface area contributed by atoms with Crippen molar-refractivity contribution in [3.05, 3.63) is 69.8 Å². The van der Waals surface area contributed by atoms with Gasteiger partial charge in [0.2, 0.25) is 0 Å². The van der Waals surface area contributed by atoms with Crippen LogP contribution >= 0.6 is 12.2 Å². The molecule has 0 spiro atoms. The molecule has 7 heteroatoms. The van der Waals surface area contributed by atoms with Gasteiger partial charge in [0.1, 0.15) is 5.82 Å². The van der Waals surface area contributed by atoms with Crippen LogP contribution in [-0.4, -0.2) is 39.2 Å². The third-order valence-electron chi connectivity index (χ3n) is 5.50. The van der Waals surface area contributed by atoms with Crippen LogP contribution in [-0.2, 0) is 11.3 Å². The van der Waals surface area contributed by atoms with Crippen molar-refractivity contribution in [2.75, 3.05) is 18.5 Å².